The molecular formula is C25H24. The summed E-state index contributed by atoms with van der Waals surface area (Å²) in [6, 6.07) is 24.8. The number of benzene rings is 4. The quantitative estimate of drug-likeness (QED) is 0.353. The molecule has 0 heterocycles. The fourth-order valence-electron chi connectivity index (χ4n) is 4.04. The second-order valence-electron chi connectivity index (χ2n) is 6.84. The van der Waals surface area contributed by atoms with Crippen molar-refractivity contribution in [2.24, 2.45) is 0 Å². The Hall–Kier alpha value is -2.60. The second-order valence-corrected chi connectivity index (χ2v) is 6.84. The Bertz CT molecular complexity index is 1070. The van der Waals surface area contributed by atoms with Crippen molar-refractivity contribution in [2.75, 3.05) is 0 Å². The molecule has 0 unspecified atom stereocenters. The van der Waals surface area contributed by atoms with E-state index in [0.29, 0.717) is 0 Å². The molecule has 0 N–H and O–H groups in total. The Morgan fingerprint density at radius 1 is 0.640 bits per heavy atom. The van der Waals surface area contributed by atoms with Crippen molar-refractivity contribution in [3.8, 4) is 11.1 Å². The second kappa shape index (κ2) is 6.37. The third kappa shape index (κ3) is 2.62. The largest absolute Gasteiger partial charge is 0.0620 e. The predicted octanol–water partition coefficient (Wildman–Crippen LogP) is 7.09. The van der Waals surface area contributed by atoms with Crippen LogP contribution in [0.3, 0.4) is 0 Å². The van der Waals surface area contributed by atoms with E-state index in [0.717, 1.165) is 12.8 Å². The van der Waals surface area contributed by atoms with Gasteiger partial charge in [0.25, 0.3) is 0 Å². The number of hydrogen-bond acceptors (Lipinski definition) is 0. The van der Waals surface area contributed by atoms with E-state index in [4.69, 9.17) is 0 Å². The molecule has 0 fully saturated rings. The number of aryl methyl sites for hydroxylation is 3. The summed E-state index contributed by atoms with van der Waals surface area (Å²) in [7, 11) is 0. The van der Waals surface area contributed by atoms with Gasteiger partial charge in [0.15, 0.2) is 0 Å². The monoisotopic (exact) mass is 324 g/mol. The lowest BCUT2D eigenvalue weighted by molar-refractivity contribution is 1.13. The van der Waals surface area contributed by atoms with Crippen molar-refractivity contribution in [3.63, 3.8) is 0 Å². The Kier molecular flexibility index (Phi) is 4.05. The summed E-state index contributed by atoms with van der Waals surface area (Å²) >= 11 is 0. The number of rotatable bonds is 3. The standard InChI is InChI=1S/C25H24/c1-4-18-8-6-7-9-21(18)22-14-15-24-23(20(22)5-2)13-12-19-11-10-17(3)16-25(19)24/h6-16H,4-5H2,1-3H3. The summed E-state index contributed by atoms with van der Waals surface area (Å²) in [5.41, 5.74) is 6.97. The van der Waals surface area contributed by atoms with Gasteiger partial charge in [0, 0.05) is 0 Å². The maximum Gasteiger partial charge on any atom is -0.0102 e. The minimum atomic E-state index is 1.04. The van der Waals surface area contributed by atoms with Crippen molar-refractivity contribution in [1.82, 2.24) is 0 Å². The molecule has 0 bridgehead atoms. The Balaban J connectivity index is 2.07. The Morgan fingerprint density at radius 3 is 2.20 bits per heavy atom. The molecule has 0 nitrogen and oxygen atoms in total. The van der Waals surface area contributed by atoms with Gasteiger partial charge in [-0.2, -0.15) is 0 Å². The van der Waals surface area contributed by atoms with Gasteiger partial charge in [0.1, 0.15) is 0 Å². The van der Waals surface area contributed by atoms with Gasteiger partial charge in [-0.1, -0.05) is 86.1 Å². The van der Waals surface area contributed by atoms with Crippen molar-refractivity contribution in [2.45, 2.75) is 33.6 Å². The van der Waals surface area contributed by atoms with Gasteiger partial charge in [-0.15, -0.1) is 0 Å². The molecule has 0 saturated carbocycles. The van der Waals surface area contributed by atoms with E-state index < -0.39 is 0 Å². The molecule has 124 valence electrons. The predicted molar refractivity (Wildman–Crippen MR) is 110 cm³/mol. The zero-order valence-electron chi connectivity index (χ0n) is 15.3. The molecule has 25 heavy (non-hydrogen) atoms. The van der Waals surface area contributed by atoms with Gasteiger partial charge >= 0.3 is 0 Å². The molecule has 0 aromatic heterocycles. The molecule has 0 aliphatic rings. The summed E-state index contributed by atoms with van der Waals surface area (Å²) in [6.07, 6.45) is 2.11. The van der Waals surface area contributed by atoms with Crippen LogP contribution >= 0.6 is 0 Å². The topological polar surface area (TPSA) is 0 Å². The summed E-state index contributed by atoms with van der Waals surface area (Å²) < 4.78 is 0. The van der Waals surface area contributed by atoms with Crippen LogP contribution in [-0.4, -0.2) is 0 Å². The highest BCUT2D eigenvalue weighted by Crippen LogP contribution is 2.36. The third-order valence-electron chi connectivity index (χ3n) is 5.33. The van der Waals surface area contributed by atoms with E-state index >= 15 is 0 Å². The van der Waals surface area contributed by atoms with Crippen LogP contribution in [0.5, 0.6) is 0 Å². The van der Waals surface area contributed by atoms with Crippen LogP contribution in [0.15, 0.2) is 66.7 Å². The third-order valence-corrected chi connectivity index (χ3v) is 5.33. The Morgan fingerprint density at radius 2 is 1.40 bits per heavy atom. The first kappa shape index (κ1) is 15.9. The first-order valence-electron chi connectivity index (χ1n) is 9.26. The van der Waals surface area contributed by atoms with Crippen molar-refractivity contribution < 1.29 is 0 Å². The van der Waals surface area contributed by atoms with E-state index in [1.165, 1.54) is 49.4 Å². The molecule has 4 rings (SSSR count). The summed E-state index contributed by atoms with van der Waals surface area (Å²) in [5, 5.41) is 5.45. The summed E-state index contributed by atoms with van der Waals surface area (Å²) in [5.74, 6) is 0. The maximum absolute atomic E-state index is 2.33. The lowest BCUT2D eigenvalue weighted by Crippen LogP contribution is -1.94. The molecular weight excluding hydrogens is 300 g/mol. The first-order valence-corrected chi connectivity index (χ1v) is 9.26. The molecule has 0 aliphatic carbocycles. The van der Waals surface area contributed by atoms with Gasteiger partial charge in [0.2, 0.25) is 0 Å². The molecule has 0 saturated heterocycles. The van der Waals surface area contributed by atoms with Crippen molar-refractivity contribution in [1.29, 1.82) is 0 Å². The molecule has 0 spiro atoms. The normalized spacial score (nSPS) is 11.3. The number of hydrogen-bond donors (Lipinski definition) is 0. The average molecular weight is 324 g/mol. The van der Waals surface area contributed by atoms with E-state index in [9.17, 15) is 0 Å². The van der Waals surface area contributed by atoms with Crippen LogP contribution in [-0.2, 0) is 12.8 Å². The molecule has 0 aliphatic heterocycles. The summed E-state index contributed by atoms with van der Waals surface area (Å²) in [6.45, 7) is 6.68. The first-order chi connectivity index (χ1) is 12.2. The van der Waals surface area contributed by atoms with Gasteiger partial charge < -0.3 is 0 Å². The van der Waals surface area contributed by atoms with Crippen LogP contribution in [0.25, 0.3) is 32.7 Å². The van der Waals surface area contributed by atoms with Gasteiger partial charge in [-0.3, -0.25) is 0 Å². The van der Waals surface area contributed by atoms with E-state index in [2.05, 4.69) is 87.5 Å². The van der Waals surface area contributed by atoms with E-state index in [1.807, 2.05) is 0 Å². The molecule has 0 atom stereocenters. The van der Waals surface area contributed by atoms with E-state index in [1.54, 1.807) is 0 Å². The van der Waals surface area contributed by atoms with Gasteiger partial charge in [-0.25, -0.2) is 0 Å². The smallest absolute Gasteiger partial charge is 0.0102 e. The highest BCUT2D eigenvalue weighted by molar-refractivity contribution is 6.10. The Labute approximate surface area is 150 Å². The molecule has 4 aromatic carbocycles. The molecule has 0 heteroatoms. The van der Waals surface area contributed by atoms with Crippen LogP contribution in [0.4, 0.5) is 0 Å². The fraction of sp³-hybridized carbons (Fsp3) is 0.200. The van der Waals surface area contributed by atoms with E-state index in [-0.39, 0.29) is 0 Å². The van der Waals surface area contributed by atoms with Crippen molar-refractivity contribution in [3.05, 3.63) is 83.4 Å². The van der Waals surface area contributed by atoms with Crippen LogP contribution in [0, 0.1) is 6.92 Å². The fourth-order valence-corrected chi connectivity index (χ4v) is 4.04. The zero-order valence-corrected chi connectivity index (χ0v) is 15.3. The SMILES string of the molecule is CCc1ccccc1-c1ccc2c(ccc3ccc(C)cc32)c1CC. The van der Waals surface area contributed by atoms with Crippen LogP contribution in [0.1, 0.15) is 30.5 Å². The number of fused-ring (bicyclic) bond motifs is 3. The lowest BCUT2D eigenvalue weighted by Gasteiger charge is -2.16. The molecule has 4 aromatic rings. The van der Waals surface area contributed by atoms with Gasteiger partial charge in [0.05, 0.1) is 0 Å². The zero-order chi connectivity index (χ0) is 17.4. The molecule has 0 amide bonds. The van der Waals surface area contributed by atoms with Crippen LogP contribution < -0.4 is 0 Å². The highest BCUT2D eigenvalue weighted by atomic mass is 14.2. The van der Waals surface area contributed by atoms with Crippen LogP contribution in [0.2, 0.25) is 0 Å². The average Bonchev–Trinajstić information content (AvgIpc) is 2.66. The van der Waals surface area contributed by atoms with Gasteiger partial charge in [-0.05, 0) is 63.6 Å². The minimum Gasteiger partial charge on any atom is -0.0620 e. The maximum atomic E-state index is 2.33. The highest BCUT2D eigenvalue weighted by Gasteiger charge is 2.12. The van der Waals surface area contributed by atoms with Crippen molar-refractivity contribution >= 4 is 21.5 Å². The summed E-state index contributed by atoms with van der Waals surface area (Å²) in [4.78, 5) is 0. The lowest BCUT2D eigenvalue weighted by atomic mass is 9.88. The minimum absolute atomic E-state index is 1.04. The molecule has 0 radical (unpaired) electrons.